The van der Waals surface area contributed by atoms with Crippen molar-refractivity contribution in [3.63, 3.8) is 0 Å². The van der Waals surface area contributed by atoms with Gasteiger partial charge in [0.25, 0.3) is 0 Å². The van der Waals surface area contributed by atoms with Crippen LogP contribution in [0, 0.1) is 23.7 Å². The molecule has 43 heavy (non-hydrogen) atoms. The predicted octanol–water partition coefficient (Wildman–Crippen LogP) is 4.21. The highest BCUT2D eigenvalue weighted by atomic mass is 35.5. The van der Waals surface area contributed by atoms with E-state index in [1.165, 1.54) is 0 Å². The van der Waals surface area contributed by atoms with Crippen molar-refractivity contribution in [2.45, 2.75) is 63.0 Å². The molecule has 4 aliphatic heterocycles. The molecular formula is C33H36ClN3O6. The van der Waals surface area contributed by atoms with Gasteiger partial charge in [-0.05, 0) is 54.7 Å². The number of benzene rings is 2. The zero-order valence-corrected chi connectivity index (χ0v) is 25.0. The first-order valence-electron chi connectivity index (χ1n) is 15.2. The van der Waals surface area contributed by atoms with Crippen LogP contribution in [0.4, 0.5) is 5.69 Å². The summed E-state index contributed by atoms with van der Waals surface area (Å²) in [6, 6.07) is 13.2. The number of nitrogens with zero attached hydrogens (tertiary/aromatic N) is 1. The van der Waals surface area contributed by atoms with Crippen LogP contribution in [0.2, 0.25) is 5.02 Å². The Morgan fingerprint density at radius 1 is 1.05 bits per heavy atom. The van der Waals surface area contributed by atoms with E-state index in [0.29, 0.717) is 34.0 Å². The molecule has 5 aliphatic rings. The van der Waals surface area contributed by atoms with Gasteiger partial charge in [-0.25, -0.2) is 0 Å². The van der Waals surface area contributed by atoms with Crippen molar-refractivity contribution < 1.29 is 28.6 Å². The number of para-hydroxylation sites is 2. The zero-order valence-electron chi connectivity index (χ0n) is 24.2. The molecule has 226 valence electrons. The molecular weight excluding hydrogens is 570 g/mol. The third-order valence-electron chi connectivity index (χ3n) is 10.0. The second-order valence-corrected chi connectivity index (χ2v) is 13.0. The molecule has 2 N–H and O–H groups in total. The summed E-state index contributed by atoms with van der Waals surface area (Å²) in [5, 5.41) is 6.77. The van der Waals surface area contributed by atoms with Gasteiger partial charge in [0.15, 0.2) is 17.6 Å². The molecule has 2 bridgehead atoms. The van der Waals surface area contributed by atoms with Crippen LogP contribution in [0.15, 0.2) is 60.7 Å². The van der Waals surface area contributed by atoms with Crippen molar-refractivity contribution in [3.05, 3.63) is 65.7 Å². The number of ether oxygens (including phenoxy) is 3. The monoisotopic (exact) mass is 605 g/mol. The molecule has 4 heterocycles. The summed E-state index contributed by atoms with van der Waals surface area (Å²) in [6.07, 6.45) is 5.59. The van der Waals surface area contributed by atoms with Crippen LogP contribution in [0.3, 0.4) is 0 Å². The molecule has 3 amide bonds. The first-order chi connectivity index (χ1) is 20.7. The van der Waals surface area contributed by atoms with Gasteiger partial charge in [0, 0.05) is 16.8 Å². The van der Waals surface area contributed by atoms with E-state index in [0.717, 1.165) is 19.3 Å². The average Bonchev–Trinajstić information content (AvgIpc) is 3.64. The minimum absolute atomic E-state index is 0.00336. The highest BCUT2D eigenvalue weighted by molar-refractivity contribution is 6.30. The van der Waals surface area contributed by atoms with Crippen molar-refractivity contribution in [2.75, 3.05) is 18.5 Å². The number of fused-ring (bicyclic) bond motifs is 2. The van der Waals surface area contributed by atoms with Gasteiger partial charge in [-0.1, -0.05) is 62.6 Å². The number of hydrogen-bond acceptors (Lipinski definition) is 6. The van der Waals surface area contributed by atoms with Crippen molar-refractivity contribution in [3.8, 4) is 11.5 Å². The summed E-state index contributed by atoms with van der Waals surface area (Å²) in [5.41, 5.74) is -0.691. The maximum Gasteiger partial charge on any atom is 0.246 e. The van der Waals surface area contributed by atoms with Crippen LogP contribution in [0.5, 0.6) is 11.5 Å². The number of amides is 3. The molecule has 0 unspecified atom stereocenters. The lowest BCUT2D eigenvalue weighted by Gasteiger charge is -2.38. The molecule has 1 spiro atoms. The standard InChI is InChI=1S/C33H36ClN3O6/c1-18-6-5-7-23(19(18)2)36-31(39)29-33-15-14-26(43-33)27(30(38)35-21-12-10-20(34)11-13-21)28(33)32(40)37(29)16-22-17-41-24-8-3-4-9-25(24)42-22/h3-4,8-15,18-19,22-23,26-29H,5-7,16-17H2,1-2H3,(H,35,38)(H,36,39)/t18-,19+,22-,23+,26-,27+,28-,29+,33+/m1/s1. The maximum absolute atomic E-state index is 14.4. The Morgan fingerprint density at radius 3 is 2.60 bits per heavy atom. The Labute approximate surface area is 255 Å². The highest BCUT2D eigenvalue weighted by Crippen LogP contribution is 2.55. The third-order valence-corrected chi connectivity index (χ3v) is 10.3. The number of halogens is 1. The van der Waals surface area contributed by atoms with E-state index >= 15 is 0 Å². The summed E-state index contributed by atoms with van der Waals surface area (Å²) in [7, 11) is 0. The Kier molecular flexibility index (Phi) is 7.13. The van der Waals surface area contributed by atoms with Gasteiger partial charge < -0.3 is 29.7 Å². The second-order valence-electron chi connectivity index (χ2n) is 12.6. The van der Waals surface area contributed by atoms with E-state index in [-0.39, 0.29) is 36.9 Å². The molecule has 10 heteroatoms. The van der Waals surface area contributed by atoms with Crippen molar-refractivity contribution >= 4 is 35.0 Å². The van der Waals surface area contributed by atoms with Crippen LogP contribution in [0.25, 0.3) is 0 Å². The van der Waals surface area contributed by atoms with E-state index in [9.17, 15) is 14.4 Å². The predicted molar refractivity (Wildman–Crippen MR) is 160 cm³/mol. The van der Waals surface area contributed by atoms with E-state index < -0.39 is 35.7 Å². The second kappa shape index (κ2) is 10.9. The number of nitrogens with one attached hydrogen (secondary N) is 2. The molecule has 0 radical (unpaired) electrons. The lowest BCUT2D eigenvalue weighted by atomic mass is 9.73. The van der Waals surface area contributed by atoms with Crippen LogP contribution < -0.4 is 20.1 Å². The molecule has 9 nitrogen and oxygen atoms in total. The maximum atomic E-state index is 14.4. The Balaban J connectivity index is 1.19. The fourth-order valence-electron chi connectivity index (χ4n) is 7.64. The number of carbonyl (C=O) groups is 3. The first-order valence-corrected chi connectivity index (χ1v) is 15.6. The van der Waals surface area contributed by atoms with Gasteiger partial charge in [-0.3, -0.25) is 14.4 Å². The fourth-order valence-corrected chi connectivity index (χ4v) is 7.77. The van der Waals surface area contributed by atoms with E-state index in [1.54, 1.807) is 29.2 Å². The normalized spacial score (nSPS) is 35.5. The molecule has 1 saturated carbocycles. The lowest BCUT2D eigenvalue weighted by molar-refractivity contribution is -0.143. The topological polar surface area (TPSA) is 106 Å². The molecule has 2 saturated heterocycles. The summed E-state index contributed by atoms with van der Waals surface area (Å²) in [5.74, 6) is -0.530. The molecule has 2 aromatic rings. The first kappa shape index (κ1) is 28.2. The number of anilines is 1. The average molecular weight is 606 g/mol. The largest absolute Gasteiger partial charge is 0.486 e. The van der Waals surface area contributed by atoms with Gasteiger partial charge in [0.2, 0.25) is 17.7 Å². The molecule has 0 aromatic heterocycles. The van der Waals surface area contributed by atoms with E-state index in [4.69, 9.17) is 25.8 Å². The number of hydrogen-bond donors (Lipinski definition) is 2. The minimum atomic E-state index is -1.26. The van der Waals surface area contributed by atoms with E-state index in [2.05, 4.69) is 24.5 Å². The molecule has 7 rings (SSSR count). The molecule has 3 fully saturated rings. The fraction of sp³-hybridized carbons (Fsp3) is 0.485. The summed E-state index contributed by atoms with van der Waals surface area (Å²) in [6.45, 7) is 4.74. The number of likely N-dealkylation sites (tertiary alicyclic amines) is 1. The van der Waals surface area contributed by atoms with Crippen LogP contribution in [-0.2, 0) is 19.1 Å². The quantitative estimate of drug-likeness (QED) is 0.478. The van der Waals surface area contributed by atoms with Gasteiger partial charge in [0.1, 0.15) is 18.2 Å². The van der Waals surface area contributed by atoms with Crippen molar-refractivity contribution in [2.24, 2.45) is 23.7 Å². The summed E-state index contributed by atoms with van der Waals surface area (Å²) >= 11 is 6.03. The molecule has 1 aliphatic carbocycles. The summed E-state index contributed by atoms with van der Waals surface area (Å²) in [4.78, 5) is 43.9. The number of carbonyl (C=O) groups excluding carboxylic acids is 3. The van der Waals surface area contributed by atoms with E-state index in [1.807, 2.05) is 36.4 Å². The Hall–Kier alpha value is -3.56. The minimum Gasteiger partial charge on any atom is -0.486 e. The van der Waals surface area contributed by atoms with Crippen LogP contribution in [0.1, 0.15) is 33.1 Å². The van der Waals surface area contributed by atoms with Crippen molar-refractivity contribution in [1.82, 2.24) is 10.2 Å². The zero-order chi connectivity index (χ0) is 29.9. The lowest BCUT2D eigenvalue weighted by Crippen LogP contribution is -2.59. The Bertz CT molecular complexity index is 1460. The smallest absolute Gasteiger partial charge is 0.246 e. The summed E-state index contributed by atoms with van der Waals surface area (Å²) < 4.78 is 18.6. The van der Waals surface area contributed by atoms with Gasteiger partial charge >= 0.3 is 0 Å². The molecule has 9 atom stereocenters. The third kappa shape index (κ3) is 4.77. The van der Waals surface area contributed by atoms with Crippen molar-refractivity contribution in [1.29, 1.82) is 0 Å². The molecule has 2 aromatic carbocycles. The van der Waals surface area contributed by atoms with Crippen LogP contribution >= 0.6 is 11.6 Å². The van der Waals surface area contributed by atoms with Gasteiger partial charge in [-0.2, -0.15) is 0 Å². The highest BCUT2D eigenvalue weighted by Gasteiger charge is 2.73. The van der Waals surface area contributed by atoms with Gasteiger partial charge in [0.05, 0.1) is 24.5 Å². The SMILES string of the molecule is C[C@H]1[C@H](C)CCC[C@@H]1NC(=O)[C@@H]1N(C[C@@H]2COc3ccccc3O2)C(=O)[C@H]2[C@@H](C(=O)Nc3ccc(Cl)cc3)[C@H]3C=C[C@@]12O3. The van der Waals surface area contributed by atoms with Gasteiger partial charge in [-0.15, -0.1) is 0 Å². The Morgan fingerprint density at radius 2 is 1.81 bits per heavy atom. The number of rotatable bonds is 6. The van der Waals surface area contributed by atoms with Crippen LogP contribution in [-0.4, -0.2) is 65.7 Å².